The molecule has 0 aliphatic rings. The van der Waals surface area contributed by atoms with E-state index < -0.39 is 8.60 Å². The molecule has 1 rings (SSSR count). The highest BCUT2D eigenvalue weighted by Gasteiger charge is 2.02. The Hall–Kier alpha value is -0.630. The maximum atomic E-state index is 8.72. The van der Waals surface area contributed by atoms with Gasteiger partial charge < -0.3 is 14.3 Å². The van der Waals surface area contributed by atoms with Gasteiger partial charge in [0.05, 0.1) is 0 Å². The Morgan fingerprint density at radius 3 is 2.17 bits per heavy atom. The molecule has 0 bridgehead atoms. The van der Waals surface area contributed by atoms with E-state index in [1.54, 1.807) is 12.1 Å². The third kappa shape index (κ3) is 6.95. The van der Waals surface area contributed by atoms with Crippen molar-refractivity contribution in [2.45, 2.75) is 51.9 Å². The zero-order valence-electron chi connectivity index (χ0n) is 11.0. The minimum absolute atomic E-state index is 0.512. The lowest BCUT2D eigenvalue weighted by molar-refractivity contribution is 0.375. The van der Waals surface area contributed by atoms with Crippen LogP contribution >= 0.6 is 8.60 Å². The Morgan fingerprint density at radius 1 is 0.944 bits per heavy atom. The van der Waals surface area contributed by atoms with Crippen LogP contribution in [0.3, 0.4) is 0 Å². The first-order valence-corrected chi connectivity index (χ1v) is 7.83. The molecule has 0 aromatic heterocycles. The van der Waals surface area contributed by atoms with Crippen molar-refractivity contribution >= 4 is 8.60 Å². The quantitative estimate of drug-likeness (QED) is 0.522. The second-order valence-corrected chi connectivity index (χ2v) is 5.19. The van der Waals surface area contributed by atoms with Crippen LogP contribution in [0.15, 0.2) is 24.3 Å². The Bertz CT molecular complexity index is 311. The van der Waals surface area contributed by atoms with Crippen LogP contribution in [-0.2, 0) is 6.42 Å². The van der Waals surface area contributed by atoms with Crippen molar-refractivity contribution in [2.75, 3.05) is 0 Å². The highest BCUT2D eigenvalue weighted by molar-refractivity contribution is 7.39. The number of hydrogen-bond acceptors (Lipinski definition) is 3. The summed E-state index contributed by atoms with van der Waals surface area (Å²) in [7, 11) is -2.31. The Labute approximate surface area is 111 Å². The molecule has 0 aliphatic heterocycles. The van der Waals surface area contributed by atoms with Gasteiger partial charge in [0, 0.05) is 0 Å². The lowest BCUT2D eigenvalue weighted by Gasteiger charge is -2.06. The topological polar surface area (TPSA) is 49.7 Å². The maximum absolute atomic E-state index is 8.72. The summed E-state index contributed by atoms with van der Waals surface area (Å²) < 4.78 is 4.82. The van der Waals surface area contributed by atoms with Crippen LogP contribution in [0.4, 0.5) is 0 Å². The highest BCUT2D eigenvalue weighted by atomic mass is 31.2. The summed E-state index contributed by atoms with van der Waals surface area (Å²) in [5.41, 5.74) is 1.28. The van der Waals surface area contributed by atoms with E-state index in [0.29, 0.717) is 5.75 Å². The van der Waals surface area contributed by atoms with Gasteiger partial charge in [-0.25, -0.2) is 0 Å². The second kappa shape index (κ2) is 9.32. The van der Waals surface area contributed by atoms with E-state index in [-0.39, 0.29) is 0 Å². The molecular formula is C14H23O3P. The molecule has 0 saturated carbocycles. The molecule has 0 aliphatic carbocycles. The summed E-state index contributed by atoms with van der Waals surface area (Å²) >= 11 is 0. The van der Waals surface area contributed by atoms with Crippen molar-refractivity contribution in [1.82, 2.24) is 0 Å². The third-order valence-corrected chi connectivity index (χ3v) is 3.30. The summed E-state index contributed by atoms with van der Waals surface area (Å²) in [6.45, 7) is 2.23. The first-order valence-electron chi connectivity index (χ1n) is 6.67. The van der Waals surface area contributed by atoms with Crippen molar-refractivity contribution in [3.05, 3.63) is 29.8 Å². The molecule has 102 valence electrons. The van der Waals surface area contributed by atoms with Gasteiger partial charge in [0.2, 0.25) is 0 Å². The van der Waals surface area contributed by atoms with Crippen molar-refractivity contribution in [3.63, 3.8) is 0 Å². The fourth-order valence-electron chi connectivity index (χ4n) is 1.92. The second-order valence-electron chi connectivity index (χ2n) is 4.51. The molecule has 0 amide bonds. The SMILES string of the molecule is CCCCCCCCc1ccc(OP(O)O)cc1. The van der Waals surface area contributed by atoms with Crippen LogP contribution in [0.25, 0.3) is 0 Å². The number of aryl methyl sites for hydroxylation is 1. The lowest BCUT2D eigenvalue weighted by atomic mass is 10.1. The molecule has 0 heterocycles. The molecular weight excluding hydrogens is 247 g/mol. The predicted octanol–water partition coefficient (Wildman–Crippen LogP) is 4.18. The minimum Gasteiger partial charge on any atom is -0.427 e. The van der Waals surface area contributed by atoms with Crippen LogP contribution in [0.5, 0.6) is 5.75 Å². The zero-order chi connectivity index (χ0) is 13.2. The van der Waals surface area contributed by atoms with E-state index in [4.69, 9.17) is 14.3 Å². The summed E-state index contributed by atoms with van der Waals surface area (Å²) in [6, 6.07) is 7.54. The van der Waals surface area contributed by atoms with Gasteiger partial charge in [0.15, 0.2) is 0 Å². The average Bonchev–Trinajstić information content (AvgIpc) is 2.35. The number of benzene rings is 1. The third-order valence-electron chi connectivity index (χ3n) is 2.93. The molecule has 0 fully saturated rings. The summed E-state index contributed by atoms with van der Waals surface area (Å²) in [5, 5.41) is 0. The highest BCUT2D eigenvalue weighted by Crippen LogP contribution is 2.28. The van der Waals surface area contributed by atoms with Gasteiger partial charge in [-0.05, 0) is 30.5 Å². The molecule has 0 saturated heterocycles. The van der Waals surface area contributed by atoms with E-state index in [0.717, 1.165) is 6.42 Å². The van der Waals surface area contributed by atoms with E-state index in [2.05, 4.69) is 6.92 Å². The Balaban J connectivity index is 2.18. The zero-order valence-corrected chi connectivity index (χ0v) is 11.9. The molecule has 0 spiro atoms. The summed E-state index contributed by atoms with van der Waals surface area (Å²) in [6.07, 6.45) is 8.90. The molecule has 1 aromatic carbocycles. The van der Waals surface area contributed by atoms with Crippen molar-refractivity contribution in [1.29, 1.82) is 0 Å². The molecule has 4 heteroatoms. The van der Waals surface area contributed by atoms with Gasteiger partial charge in [-0.2, -0.15) is 0 Å². The van der Waals surface area contributed by atoms with E-state index in [1.807, 2.05) is 12.1 Å². The molecule has 1 aromatic rings. The number of rotatable bonds is 9. The van der Waals surface area contributed by atoms with Gasteiger partial charge in [0.25, 0.3) is 0 Å². The van der Waals surface area contributed by atoms with Crippen LogP contribution in [0, 0.1) is 0 Å². The lowest BCUT2D eigenvalue weighted by Crippen LogP contribution is -1.88. The van der Waals surface area contributed by atoms with Crippen LogP contribution < -0.4 is 4.52 Å². The average molecular weight is 270 g/mol. The van der Waals surface area contributed by atoms with Gasteiger partial charge in [-0.1, -0.05) is 51.2 Å². The summed E-state index contributed by atoms with van der Waals surface area (Å²) in [5.74, 6) is 0.512. The van der Waals surface area contributed by atoms with Crippen LogP contribution in [-0.4, -0.2) is 9.79 Å². The normalized spacial score (nSPS) is 10.9. The van der Waals surface area contributed by atoms with Crippen LogP contribution in [0.2, 0.25) is 0 Å². The fraction of sp³-hybridized carbons (Fsp3) is 0.571. The van der Waals surface area contributed by atoms with E-state index >= 15 is 0 Å². The molecule has 0 atom stereocenters. The van der Waals surface area contributed by atoms with Crippen molar-refractivity contribution in [2.24, 2.45) is 0 Å². The van der Waals surface area contributed by atoms with Crippen molar-refractivity contribution in [3.8, 4) is 5.75 Å². The number of hydrogen-bond donors (Lipinski definition) is 2. The summed E-state index contributed by atoms with van der Waals surface area (Å²) in [4.78, 5) is 17.4. The van der Waals surface area contributed by atoms with Crippen molar-refractivity contribution < 1.29 is 14.3 Å². The standard InChI is InChI=1S/C14H23O3P/c1-2-3-4-5-6-7-8-13-9-11-14(12-10-13)17-18(15)16/h9-12,15-16H,2-8H2,1H3. The smallest absolute Gasteiger partial charge is 0.391 e. The predicted molar refractivity (Wildman–Crippen MR) is 75.5 cm³/mol. The minimum atomic E-state index is -2.31. The Kier molecular flexibility index (Phi) is 7.99. The van der Waals surface area contributed by atoms with E-state index in [1.165, 1.54) is 44.1 Å². The first kappa shape index (κ1) is 15.4. The largest absolute Gasteiger partial charge is 0.427 e. The molecule has 0 radical (unpaired) electrons. The number of unbranched alkanes of at least 4 members (excludes halogenated alkanes) is 5. The van der Waals surface area contributed by atoms with Gasteiger partial charge in [-0.15, -0.1) is 0 Å². The van der Waals surface area contributed by atoms with Crippen LogP contribution in [0.1, 0.15) is 51.0 Å². The van der Waals surface area contributed by atoms with Gasteiger partial charge in [0.1, 0.15) is 5.75 Å². The first-order chi connectivity index (χ1) is 8.72. The van der Waals surface area contributed by atoms with Gasteiger partial charge in [-0.3, -0.25) is 0 Å². The van der Waals surface area contributed by atoms with E-state index in [9.17, 15) is 0 Å². The molecule has 3 nitrogen and oxygen atoms in total. The Morgan fingerprint density at radius 2 is 1.56 bits per heavy atom. The maximum Gasteiger partial charge on any atom is 0.391 e. The molecule has 0 unspecified atom stereocenters. The molecule has 2 N–H and O–H groups in total. The fourth-order valence-corrected chi connectivity index (χ4v) is 2.23. The van der Waals surface area contributed by atoms with Gasteiger partial charge >= 0.3 is 8.60 Å². The molecule has 18 heavy (non-hydrogen) atoms. The monoisotopic (exact) mass is 270 g/mol.